The molecule has 0 saturated carbocycles. The zero-order valence-corrected chi connectivity index (χ0v) is 36.4. The number of nitrogens with two attached hydrogens (primary N) is 2. The second kappa shape index (κ2) is 18.3. The fourth-order valence-corrected chi connectivity index (χ4v) is 9.41. The van der Waals surface area contributed by atoms with Gasteiger partial charge in [-0.2, -0.15) is 10.2 Å². The minimum atomic E-state index is -0.677. The smallest absolute Gasteiger partial charge is 0.166 e. The molecule has 2 fully saturated rings. The zero-order chi connectivity index (χ0) is 42.9. The molecule has 4 N–H and O–H groups in total. The second-order valence-electron chi connectivity index (χ2n) is 15.5. The minimum absolute atomic E-state index is 0.0907. The highest BCUT2D eigenvalue weighted by molar-refractivity contribution is 6.36. The number of hydrogen-bond acceptors (Lipinski definition) is 10. The first-order chi connectivity index (χ1) is 29.3. The highest BCUT2D eigenvalue weighted by Gasteiger charge is 2.27. The zero-order valence-electron chi connectivity index (χ0n) is 33.4. The molecule has 4 aromatic heterocycles. The number of rotatable bonds is 12. The molecule has 320 valence electrons. The van der Waals surface area contributed by atoms with E-state index >= 15 is 0 Å². The first kappa shape index (κ1) is 43.0. The molecule has 2 aliphatic rings. The Morgan fingerprint density at radius 3 is 1.41 bits per heavy atom. The largest absolute Gasteiger partial charge is 0.482 e. The fourth-order valence-electron chi connectivity index (χ4n) is 8.05. The summed E-state index contributed by atoms with van der Waals surface area (Å²) in [7, 11) is 0. The summed E-state index contributed by atoms with van der Waals surface area (Å²) in [5, 5.41) is 9.84. The van der Waals surface area contributed by atoms with Gasteiger partial charge < -0.3 is 20.9 Å². The molecule has 12 nitrogen and oxygen atoms in total. The number of pyridine rings is 2. The predicted molar refractivity (Wildman–Crippen MR) is 235 cm³/mol. The van der Waals surface area contributed by atoms with Crippen LogP contribution in [-0.4, -0.2) is 72.2 Å². The van der Waals surface area contributed by atoms with Gasteiger partial charge in [-0.15, -0.1) is 0 Å². The number of hydrogen-bond donors (Lipinski definition) is 2. The van der Waals surface area contributed by atoms with Crippen molar-refractivity contribution >= 4 is 58.0 Å². The SMILES string of the molecule is C[C@@H](Oc1cc(-c2cnn(C3CCN(CN4CCC(n5cc(-c6cnc(N)c(O[C@H](C)c7c(Cl)ccc(F)c7Cl)c6)cn5)CC4)CC3)c2)cnc1N)c1c(Cl)ccc(F)c1Cl. The van der Waals surface area contributed by atoms with Crippen molar-refractivity contribution in [2.75, 3.05) is 44.3 Å². The molecule has 2 aromatic carbocycles. The first-order valence-corrected chi connectivity index (χ1v) is 21.5. The number of halogens is 6. The van der Waals surface area contributed by atoms with E-state index in [1.54, 1.807) is 38.4 Å². The Hall–Kier alpha value is -4.70. The molecule has 0 radical (unpaired) electrons. The summed E-state index contributed by atoms with van der Waals surface area (Å²) < 4.78 is 44.6. The van der Waals surface area contributed by atoms with Crippen molar-refractivity contribution in [1.29, 1.82) is 0 Å². The van der Waals surface area contributed by atoms with Crippen molar-refractivity contribution in [3.63, 3.8) is 0 Å². The van der Waals surface area contributed by atoms with Crippen LogP contribution in [0, 0.1) is 11.6 Å². The Morgan fingerprint density at radius 2 is 1.02 bits per heavy atom. The van der Waals surface area contributed by atoms with E-state index in [9.17, 15) is 8.78 Å². The van der Waals surface area contributed by atoms with Crippen LogP contribution in [0.15, 0.2) is 73.6 Å². The second-order valence-corrected chi connectivity index (χ2v) is 17.1. The van der Waals surface area contributed by atoms with Gasteiger partial charge in [-0.1, -0.05) is 46.4 Å². The van der Waals surface area contributed by atoms with Gasteiger partial charge in [-0.3, -0.25) is 19.2 Å². The maximum absolute atomic E-state index is 14.2. The Morgan fingerprint density at radius 1 is 0.623 bits per heavy atom. The van der Waals surface area contributed by atoms with E-state index in [0.29, 0.717) is 32.7 Å². The van der Waals surface area contributed by atoms with E-state index < -0.39 is 23.8 Å². The maximum Gasteiger partial charge on any atom is 0.166 e. The van der Waals surface area contributed by atoms with Gasteiger partial charge in [-0.25, -0.2) is 18.7 Å². The number of anilines is 2. The van der Waals surface area contributed by atoms with Crippen molar-refractivity contribution in [3.8, 4) is 33.8 Å². The van der Waals surface area contributed by atoms with Gasteiger partial charge in [0.1, 0.15) is 23.8 Å². The highest BCUT2D eigenvalue weighted by Crippen LogP contribution is 2.39. The number of benzene rings is 2. The lowest BCUT2D eigenvalue weighted by Crippen LogP contribution is -2.45. The van der Waals surface area contributed by atoms with Crippen molar-refractivity contribution in [1.82, 2.24) is 39.3 Å². The molecule has 0 spiro atoms. The molecular weight excluding hydrogens is 868 g/mol. The van der Waals surface area contributed by atoms with Crippen LogP contribution in [-0.2, 0) is 0 Å². The maximum atomic E-state index is 14.2. The molecular formula is C43H44Cl4F2N10O2. The number of ether oxygens (including phenoxy) is 2. The molecule has 0 bridgehead atoms. The molecule has 18 heteroatoms. The summed E-state index contributed by atoms with van der Waals surface area (Å²) in [6, 6.07) is 9.47. The number of nitrogen functional groups attached to an aromatic ring is 2. The highest BCUT2D eigenvalue weighted by atomic mass is 35.5. The van der Waals surface area contributed by atoms with Gasteiger partial charge in [0.15, 0.2) is 23.1 Å². The average molecular weight is 913 g/mol. The van der Waals surface area contributed by atoms with Gasteiger partial charge >= 0.3 is 0 Å². The van der Waals surface area contributed by atoms with Crippen LogP contribution in [0.3, 0.4) is 0 Å². The molecule has 61 heavy (non-hydrogen) atoms. The van der Waals surface area contributed by atoms with Gasteiger partial charge in [-0.05, 0) is 75.9 Å². The van der Waals surface area contributed by atoms with Crippen molar-refractivity contribution in [3.05, 3.63) is 116 Å². The summed E-state index contributed by atoms with van der Waals surface area (Å²) in [4.78, 5) is 13.7. The lowest BCUT2D eigenvalue weighted by Gasteiger charge is -2.38. The van der Waals surface area contributed by atoms with Crippen LogP contribution in [0.25, 0.3) is 22.3 Å². The first-order valence-electron chi connectivity index (χ1n) is 20.0. The van der Waals surface area contributed by atoms with Crippen LogP contribution >= 0.6 is 46.4 Å². The summed E-state index contributed by atoms with van der Waals surface area (Å²) in [6.07, 6.45) is 13.6. The number of likely N-dealkylation sites (tertiary alicyclic amines) is 2. The van der Waals surface area contributed by atoms with Gasteiger partial charge in [0.05, 0.1) is 41.2 Å². The summed E-state index contributed by atoms with van der Waals surface area (Å²) >= 11 is 25.1. The Kier molecular flexibility index (Phi) is 12.9. The van der Waals surface area contributed by atoms with E-state index in [4.69, 9.17) is 77.5 Å². The van der Waals surface area contributed by atoms with Crippen LogP contribution < -0.4 is 20.9 Å². The monoisotopic (exact) mass is 910 g/mol. The van der Waals surface area contributed by atoms with Gasteiger partial charge in [0.25, 0.3) is 0 Å². The van der Waals surface area contributed by atoms with E-state index in [1.807, 2.05) is 34.2 Å². The van der Waals surface area contributed by atoms with Crippen LogP contribution in [0.1, 0.15) is 74.9 Å². The summed E-state index contributed by atoms with van der Waals surface area (Å²) in [6.45, 7) is 8.25. The lowest BCUT2D eigenvalue weighted by molar-refractivity contribution is 0.0708. The van der Waals surface area contributed by atoms with E-state index in [1.165, 1.54) is 24.3 Å². The minimum Gasteiger partial charge on any atom is -0.482 e. The van der Waals surface area contributed by atoms with Gasteiger partial charge in [0, 0.05) is 94.4 Å². The molecule has 2 saturated heterocycles. The molecule has 6 aromatic rings. The van der Waals surface area contributed by atoms with E-state index in [2.05, 4.69) is 19.8 Å². The standard InChI is InChI=1S/C43H44Cl4F2N10O2/c1-24(38-32(44)3-5-34(48)40(38)46)60-36-15-26(17-52-42(36)50)28-19-54-58(21-28)30-7-11-56(12-8-30)23-57-13-9-31(10-14-57)59-22-29(20-55-59)27-16-37(43(51)53-18-27)61-25(2)39-33(45)4-6-35(49)41(39)47/h3-6,15-22,24-25,30-31H,7-14,23H2,1-2H3,(H2,50,52)(H2,51,53)/t24-,25-/m1/s1. The number of aromatic nitrogens is 6. The van der Waals surface area contributed by atoms with Crippen molar-refractivity contribution in [2.24, 2.45) is 0 Å². The quantitative estimate of drug-likeness (QED) is 0.114. The van der Waals surface area contributed by atoms with Crippen LogP contribution in [0.2, 0.25) is 20.1 Å². The Balaban J connectivity index is 0.818. The Bertz CT molecular complexity index is 2350. The third-order valence-electron chi connectivity index (χ3n) is 11.5. The number of piperidine rings is 2. The van der Waals surface area contributed by atoms with Crippen LogP contribution in [0.5, 0.6) is 11.5 Å². The van der Waals surface area contributed by atoms with E-state index in [-0.39, 0.29) is 33.8 Å². The fraction of sp³-hybridized carbons (Fsp3) is 0.349. The van der Waals surface area contributed by atoms with Crippen molar-refractivity contribution < 1.29 is 18.3 Å². The summed E-state index contributed by atoms with van der Waals surface area (Å²) in [5.41, 5.74) is 16.4. The molecule has 0 aliphatic carbocycles. The molecule has 8 rings (SSSR count). The van der Waals surface area contributed by atoms with Crippen LogP contribution in [0.4, 0.5) is 20.4 Å². The lowest BCUT2D eigenvalue weighted by atomic mass is 10.0. The van der Waals surface area contributed by atoms with Crippen molar-refractivity contribution in [2.45, 2.75) is 63.8 Å². The van der Waals surface area contributed by atoms with E-state index in [0.717, 1.165) is 80.8 Å². The molecule has 6 heterocycles. The average Bonchev–Trinajstić information content (AvgIpc) is 3.95. The van der Waals surface area contributed by atoms with Gasteiger partial charge in [0.2, 0.25) is 0 Å². The normalized spacial score (nSPS) is 16.8. The predicted octanol–water partition coefficient (Wildman–Crippen LogP) is 10.5. The molecule has 0 amide bonds. The molecule has 0 unspecified atom stereocenters. The summed E-state index contributed by atoms with van der Waals surface area (Å²) in [5.74, 6) is -0.0918. The third-order valence-corrected chi connectivity index (χ3v) is 12.9. The third kappa shape index (κ3) is 9.40. The molecule has 2 atom stereocenters. The number of nitrogens with zero attached hydrogens (tertiary/aromatic N) is 8. The Labute approximate surface area is 372 Å². The topological polar surface area (TPSA) is 138 Å². The molecule has 2 aliphatic heterocycles.